The molecule has 0 spiro atoms. The third-order valence-electron chi connectivity index (χ3n) is 2.60. The minimum Gasteiger partial charge on any atom is -0.474 e. The third kappa shape index (κ3) is 1.14. The van der Waals surface area contributed by atoms with Gasteiger partial charge in [-0.15, -0.1) is 0 Å². The molecule has 0 saturated heterocycles. The van der Waals surface area contributed by atoms with Gasteiger partial charge in [-0.2, -0.15) is 9.61 Å². The van der Waals surface area contributed by atoms with Crippen molar-refractivity contribution in [1.29, 1.82) is 0 Å². The molecule has 0 atom stereocenters. The van der Waals surface area contributed by atoms with Crippen LogP contribution in [0, 0.1) is 0 Å². The zero-order valence-corrected chi connectivity index (χ0v) is 7.76. The van der Waals surface area contributed by atoms with E-state index in [2.05, 4.69) is 10.1 Å². The predicted octanol–water partition coefficient (Wildman–Crippen LogP) is 1.66. The van der Waals surface area contributed by atoms with E-state index in [1.807, 2.05) is 12.1 Å². The van der Waals surface area contributed by atoms with Gasteiger partial charge in [0.25, 0.3) is 0 Å². The Morgan fingerprint density at radius 3 is 3.00 bits per heavy atom. The number of hydrogen-bond acceptors (Lipinski definition) is 3. The highest BCUT2D eigenvalue weighted by Gasteiger charge is 2.20. The van der Waals surface area contributed by atoms with Crippen LogP contribution in [-0.4, -0.2) is 20.7 Å². The molecule has 0 aliphatic heterocycles. The van der Waals surface area contributed by atoms with Gasteiger partial charge in [-0.3, -0.25) is 0 Å². The maximum atomic E-state index is 5.78. The molecule has 14 heavy (non-hydrogen) atoms. The lowest BCUT2D eigenvalue weighted by Crippen LogP contribution is -2.25. The monoisotopic (exact) mass is 189 g/mol. The van der Waals surface area contributed by atoms with E-state index in [-0.39, 0.29) is 0 Å². The number of fused-ring (bicyclic) bond motifs is 1. The van der Waals surface area contributed by atoms with E-state index in [1.165, 1.54) is 6.42 Å². The lowest BCUT2D eigenvalue weighted by atomic mass is 9.96. The fourth-order valence-corrected chi connectivity index (χ4v) is 1.56. The molecule has 4 heteroatoms. The summed E-state index contributed by atoms with van der Waals surface area (Å²) in [5.41, 5.74) is 0.835. The molecule has 2 heterocycles. The van der Waals surface area contributed by atoms with Crippen molar-refractivity contribution in [2.24, 2.45) is 0 Å². The Labute approximate surface area is 81.5 Å². The van der Waals surface area contributed by atoms with E-state index >= 15 is 0 Å². The van der Waals surface area contributed by atoms with Crippen molar-refractivity contribution in [2.45, 2.75) is 25.4 Å². The zero-order valence-electron chi connectivity index (χ0n) is 7.76. The van der Waals surface area contributed by atoms with Crippen molar-refractivity contribution in [3.05, 3.63) is 24.5 Å². The van der Waals surface area contributed by atoms with Crippen LogP contribution in [0.15, 0.2) is 24.5 Å². The summed E-state index contributed by atoms with van der Waals surface area (Å²) in [4.78, 5) is 4.17. The molecular formula is C10H11N3O. The molecule has 1 aliphatic rings. The van der Waals surface area contributed by atoms with Crippen LogP contribution in [0.5, 0.6) is 5.88 Å². The smallest absolute Gasteiger partial charge is 0.218 e. The molecule has 0 aromatic carbocycles. The summed E-state index contributed by atoms with van der Waals surface area (Å²) >= 11 is 0. The molecule has 1 fully saturated rings. The molecule has 2 aromatic heterocycles. The molecule has 3 rings (SSSR count). The average Bonchev–Trinajstić information content (AvgIpc) is 2.59. The van der Waals surface area contributed by atoms with E-state index in [1.54, 1.807) is 16.9 Å². The topological polar surface area (TPSA) is 39.4 Å². The average molecular weight is 189 g/mol. The molecule has 1 aliphatic carbocycles. The van der Waals surface area contributed by atoms with Crippen molar-refractivity contribution in [3.8, 4) is 5.88 Å². The highest BCUT2D eigenvalue weighted by molar-refractivity contribution is 5.38. The Kier molecular flexibility index (Phi) is 1.65. The molecule has 0 radical (unpaired) electrons. The first-order valence-corrected chi connectivity index (χ1v) is 4.89. The van der Waals surface area contributed by atoms with Crippen LogP contribution in [0.1, 0.15) is 19.3 Å². The summed E-state index contributed by atoms with van der Waals surface area (Å²) in [5.74, 6) is 0.796. The number of hydrogen-bond donors (Lipinski definition) is 0. The largest absolute Gasteiger partial charge is 0.474 e. The van der Waals surface area contributed by atoms with E-state index < -0.39 is 0 Å². The minimum absolute atomic E-state index is 0.379. The van der Waals surface area contributed by atoms with E-state index in [4.69, 9.17) is 4.74 Å². The highest BCUT2D eigenvalue weighted by atomic mass is 16.5. The molecule has 1 saturated carbocycles. The Morgan fingerprint density at radius 2 is 2.21 bits per heavy atom. The molecule has 72 valence electrons. The molecule has 2 aromatic rings. The fourth-order valence-electron chi connectivity index (χ4n) is 1.56. The summed E-state index contributed by atoms with van der Waals surface area (Å²) in [6, 6.07) is 3.73. The second kappa shape index (κ2) is 2.97. The lowest BCUT2D eigenvalue weighted by Gasteiger charge is -2.26. The maximum absolute atomic E-state index is 5.78. The van der Waals surface area contributed by atoms with Crippen LogP contribution in [-0.2, 0) is 0 Å². The molecule has 0 unspecified atom stereocenters. The quantitative estimate of drug-likeness (QED) is 0.721. The summed E-state index contributed by atoms with van der Waals surface area (Å²) in [7, 11) is 0. The second-order valence-corrected chi connectivity index (χ2v) is 3.56. The molecular weight excluding hydrogens is 178 g/mol. The normalized spacial score (nSPS) is 16.9. The van der Waals surface area contributed by atoms with Gasteiger partial charge >= 0.3 is 0 Å². The Morgan fingerprint density at radius 1 is 1.29 bits per heavy atom. The Bertz CT molecular complexity index is 447. The Balaban J connectivity index is 1.97. The van der Waals surface area contributed by atoms with Crippen molar-refractivity contribution in [3.63, 3.8) is 0 Å². The molecule has 0 N–H and O–H groups in total. The van der Waals surface area contributed by atoms with E-state index in [9.17, 15) is 0 Å². The molecule has 0 amide bonds. The summed E-state index contributed by atoms with van der Waals surface area (Å²) in [6.07, 6.45) is 7.46. The van der Waals surface area contributed by atoms with Gasteiger partial charge in [0.15, 0.2) is 5.65 Å². The van der Waals surface area contributed by atoms with E-state index in [0.717, 1.165) is 24.4 Å². The standard InChI is InChI=1S/C10H11N3O/c1-2-8(3-1)14-10-5-6-11-9-4-7-12-13(9)10/h4-8H,1-3H2. The van der Waals surface area contributed by atoms with Crippen LogP contribution in [0.2, 0.25) is 0 Å². The maximum Gasteiger partial charge on any atom is 0.218 e. The second-order valence-electron chi connectivity index (χ2n) is 3.56. The first-order valence-electron chi connectivity index (χ1n) is 4.89. The van der Waals surface area contributed by atoms with Crippen molar-refractivity contribution >= 4 is 5.65 Å². The van der Waals surface area contributed by atoms with Gasteiger partial charge in [-0.05, 0) is 19.3 Å². The van der Waals surface area contributed by atoms with Crippen molar-refractivity contribution in [2.75, 3.05) is 0 Å². The predicted molar refractivity (Wildman–Crippen MR) is 51.3 cm³/mol. The van der Waals surface area contributed by atoms with Crippen molar-refractivity contribution < 1.29 is 4.74 Å². The Hall–Kier alpha value is -1.58. The van der Waals surface area contributed by atoms with Crippen molar-refractivity contribution in [1.82, 2.24) is 14.6 Å². The summed E-state index contributed by atoms with van der Waals surface area (Å²) in [5, 5.41) is 4.16. The first kappa shape index (κ1) is 7.79. The number of nitrogens with zero attached hydrogens (tertiary/aromatic N) is 3. The van der Waals surface area contributed by atoms with Crippen LogP contribution in [0.3, 0.4) is 0 Å². The number of rotatable bonds is 2. The first-order chi connectivity index (χ1) is 6.93. The van der Waals surface area contributed by atoms with Crippen LogP contribution >= 0.6 is 0 Å². The fraction of sp³-hybridized carbons (Fsp3) is 0.400. The number of aromatic nitrogens is 3. The van der Waals surface area contributed by atoms with Gasteiger partial charge in [0, 0.05) is 18.3 Å². The third-order valence-corrected chi connectivity index (χ3v) is 2.60. The van der Waals surface area contributed by atoms with Gasteiger partial charge in [0.2, 0.25) is 5.88 Å². The van der Waals surface area contributed by atoms with Crippen LogP contribution in [0.25, 0.3) is 5.65 Å². The van der Waals surface area contributed by atoms with Gasteiger partial charge < -0.3 is 4.74 Å². The zero-order chi connectivity index (χ0) is 9.38. The van der Waals surface area contributed by atoms with E-state index in [0.29, 0.717) is 6.10 Å². The van der Waals surface area contributed by atoms with Gasteiger partial charge in [-0.1, -0.05) is 0 Å². The minimum atomic E-state index is 0.379. The summed E-state index contributed by atoms with van der Waals surface area (Å²) in [6.45, 7) is 0. The van der Waals surface area contributed by atoms with Gasteiger partial charge in [0.05, 0.1) is 6.20 Å². The number of ether oxygens (including phenoxy) is 1. The highest BCUT2D eigenvalue weighted by Crippen LogP contribution is 2.24. The van der Waals surface area contributed by atoms with Gasteiger partial charge in [-0.25, -0.2) is 4.98 Å². The van der Waals surface area contributed by atoms with Gasteiger partial charge in [0.1, 0.15) is 6.10 Å². The molecule has 0 bridgehead atoms. The molecule has 4 nitrogen and oxygen atoms in total. The lowest BCUT2D eigenvalue weighted by molar-refractivity contribution is 0.111. The SMILES string of the molecule is c1cc(OC2CCC2)n2nccc2n1. The van der Waals surface area contributed by atoms with Crippen LogP contribution < -0.4 is 4.74 Å². The summed E-state index contributed by atoms with van der Waals surface area (Å²) < 4.78 is 7.52. The van der Waals surface area contributed by atoms with Crippen LogP contribution in [0.4, 0.5) is 0 Å².